The van der Waals surface area contributed by atoms with Crippen molar-refractivity contribution in [3.63, 3.8) is 0 Å². The molecular weight excluding hydrogens is 308 g/mol. The quantitative estimate of drug-likeness (QED) is 0.801. The van der Waals surface area contributed by atoms with Gasteiger partial charge >= 0.3 is 0 Å². The van der Waals surface area contributed by atoms with Crippen molar-refractivity contribution in [1.29, 1.82) is 0 Å². The summed E-state index contributed by atoms with van der Waals surface area (Å²) < 4.78 is 23.9. The number of alkyl halides is 1. The number of thiophene rings is 1. The van der Waals surface area contributed by atoms with Crippen LogP contribution in [-0.2, 0) is 16.3 Å². The molecule has 2 unspecified atom stereocenters. The van der Waals surface area contributed by atoms with Gasteiger partial charge in [0, 0.05) is 9.70 Å². The van der Waals surface area contributed by atoms with Gasteiger partial charge in [-0.3, -0.25) is 0 Å². The minimum Gasteiger partial charge on any atom is -0.229 e. The highest BCUT2D eigenvalue weighted by Crippen LogP contribution is 2.29. The predicted octanol–water partition coefficient (Wildman–Crippen LogP) is 3.02. The van der Waals surface area contributed by atoms with Gasteiger partial charge in [-0.1, -0.05) is 28.4 Å². The first-order chi connectivity index (χ1) is 7.59. The lowest BCUT2D eigenvalue weighted by Crippen LogP contribution is -2.36. The van der Waals surface area contributed by atoms with Crippen LogP contribution in [0.1, 0.15) is 24.1 Å². The summed E-state index contributed by atoms with van der Waals surface area (Å²) in [5.41, 5.74) is 0. The van der Waals surface area contributed by atoms with E-state index in [0.717, 1.165) is 25.7 Å². The van der Waals surface area contributed by atoms with E-state index in [9.17, 15) is 8.42 Å². The maximum absolute atomic E-state index is 11.9. The number of hydrogen-bond donors (Lipinski definition) is 0. The molecule has 2 nitrogen and oxygen atoms in total. The average Bonchev–Trinajstić information content (AvgIpc) is 2.69. The molecule has 1 aliphatic heterocycles. The Morgan fingerprint density at radius 2 is 2.31 bits per heavy atom. The zero-order chi connectivity index (χ0) is 11.6. The van der Waals surface area contributed by atoms with Crippen LogP contribution in [0.4, 0.5) is 0 Å². The van der Waals surface area contributed by atoms with Gasteiger partial charge in [0.2, 0.25) is 0 Å². The summed E-state index contributed by atoms with van der Waals surface area (Å²) in [6.07, 6.45) is 3.50. The largest absolute Gasteiger partial charge is 0.229 e. The van der Waals surface area contributed by atoms with Gasteiger partial charge in [-0.2, -0.15) is 0 Å². The molecule has 1 fully saturated rings. The van der Waals surface area contributed by atoms with Gasteiger partial charge in [0.1, 0.15) is 0 Å². The summed E-state index contributed by atoms with van der Waals surface area (Å²) in [5, 5.41) is 1.84. The van der Waals surface area contributed by atoms with Crippen molar-refractivity contribution in [2.24, 2.45) is 0 Å². The molecule has 0 amide bonds. The first-order valence-corrected chi connectivity index (χ1v) is 8.99. The molecule has 16 heavy (non-hydrogen) atoms. The minimum absolute atomic E-state index is 0.0662. The van der Waals surface area contributed by atoms with Crippen molar-refractivity contribution < 1.29 is 8.42 Å². The van der Waals surface area contributed by atoms with Crippen LogP contribution in [0.3, 0.4) is 0 Å². The highest BCUT2D eigenvalue weighted by atomic mass is 79.9. The Morgan fingerprint density at radius 3 is 2.94 bits per heavy atom. The first-order valence-electron chi connectivity index (χ1n) is 5.47. The molecule has 1 saturated heterocycles. The van der Waals surface area contributed by atoms with Gasteiger partial charge in [0.15, 0.2) is 9.84 Å². The second-order valence-electron chi connectivity index (χ2n) is 4.20. The Bertz CT molecular complexity index is 425. The third kappa shape index (κ3) is 2.87. The van der Waals surface area contributed by atoms with E-state index in [1.807, 2.05) is 11.4 Å². The molecule has 0 bridgehead atoms. The summed E-state index contributed by atoms with van der Waals surface area (Å²) in [7, 11) is -2.87. The number of halogens is 1. The normalized spacial score (nSPS) is 26.4. The molecule has 0 radical (unpaired) electrons. The van der Waals surface area contributed by atoms with E-state index in [1.54, 1.807) is 11.3 Å². The number of rotatable bonds is 3. The molecule has 0 aliphatic carbocycles. The van der Waals surface area contributed by atoms with Gasteiger partial charge < -0.3 is 0 Å². The highest BCUT2D eigenvalue weighted by molar-refractivity contribution is 9.09. The SMILES string of the molecule is O=S1(=O)CCCCC1C(Br)Cc1cccs1. The molecular formula is C11H15BrO2S2. The topological polar surface area (TPSA) is 34.1 Å². The second-order valence-corrected chi connectivity index (χ2v) is 8.75. The maximum atomic E-state index is 11.9. The van der Waals surface area contributed by atoms with Gasteiger partial charge in [0.05, 0.1) is 11.0 Å². The number of sulfone groups is 1. The van der Waals surface area contributed by atoms with Crippen LogP contribution in [0.2, 0.25) is 0 Å². The van der Waals surface area contributed by atoms with Crippen LogP contribution in [0.15, 0.2) is 17.5 Å². The van der Waals surface area contributed by atoms with E-state index < -0.39 is 9.84 Å². The Kier molecular flexibility index (Phi) is 4.08. The summed E-state index contributed by atoms with van der Waals surface area (Å²) in [5.74, 6) is 0.365. The maximum Gasteiger partial charge on any atom is 0.154 e. The number of hydrogen-bond acceptors (Lipinski definition) is 3. The van der Waals surface area contributed by atoms with Crippen molar-refractivity contribution in [3.05, 3.63) is 22.4 Å². The average molecular weight is 323 g/mol. The molecule has 0 aromatic carbocycles. The van der Waals surface area contributed by atoms with Gasteiger partial charge in [-0.25, -0.2) is 8.42 Å². The molecule has 2 atom stereocenters. The lowest BCUT2D eigenvalue weighted by molar-refractivity contribution is 0.533. The van der Waals surface area contributed by atoms with E-state index in [2.05, 4.69) is 22.0 Å². The molecule has 5 heteroatoms. The van der Waals surface area contributed by atoms with Crippen LogP contribution in [0, 0.1) is 0 Å². The molecule has 90 valence electrons. The van der Waals surface area contributed by atoms with E-state index in [-0.39, 0.29) is 10.1 Å². The van der Waals surface area contributed by atoms with Crippen LogP contribution < -0.4 is 0 Å². The molecule has 1 aromatic heterocycles. The van der Waals surface area contributed by atoms with Crippen molar-refractivity contribution in [3.8, 4) is 0 Å². The molecule has 0 N–H and O–H groups in total. The Balaban J connectivity index is 2.06. The van der Waals surface area contributed by atoms with Crippen LogP contribution >= 0.6 is 27.3 Å². The standard InChI is InChI=1S/C11H15BrO2S2/c12-10(8-9-4-3-6-15-9)11-5-1-2-7-16(11,13)14/h3-4,6,10-11H,1-2,5,7-8H2. The fraction of sp³-hybridized carbons (Fsp3) is 0.636. The Morgan fingerprint density at radius 1 is 1.50 bits per heavy atom. The minimum atomic E-state index is -2.87. The van der Waals surface area contributed by atoms with Crippen molar-refractivity contribution in [1.82, 2.24) is 0 Å². The first kappa shape index (κ1) is 12.6. The van der Waals surface area contributed by atoms with Crippen LogP contribution in [0.25, 0.3) is 0 Å². The molecule has 1 aliphatic rings. The molecule has 2 rings (SSSR count). The van der Waals surface area contributed by atoms with Crippen molar-refractivity contribution >= 4 is 37.1 Å². The lowest BCUT2D eigenvalue weighted by atomic mass is 10.1. The van der Waals surface area contributed by atoms with Gasteiger partial charge in [-0.15, -0.1) is 11.3 Å². The van der Waals surface area contributed by atoms with Gasteiger partial charge in [0.25, 0.3) is 0 Å². The van der Waals surface area contributed by atoms with E-state index in [0.29, 0.717) is 5.75 Å². The highest BCUT2D eigenvalue weighted by Gasteiger charge is 2.34. The second kappa shape index (κ2) is 5.19. The summed E-state index contributed by atoms with van der Waals surface area (Å²) in [4.78, 5) is 1.32. The predicted molar refractivity (Wildman–Crippen MR) is 72.2 cm³/mol. The Labute approximate surface area is 109 Å². The van der Waals surface area contributed by atoms with Crippen LogP contribution in [-0.4, -0.2) is 24.2 Å². The van der Waals surface area contributed by atoms with E-state index in [1.165, 1.54) is 4.88 Å². The van der Waals surface area contributed by atoms with Crippen LogP contribution in [0.5, 0.6) is 0 Å². The summed E-state index contributed by atoms with van der Waals surface area (Å²) >= 11 is 5.25. The zero-order valence-corrected chi connectivity index (χ0v) is 12.2. The third-order valence-corrected chi connectivity index (χ3v) is 7.56. The molecule has 1 aromatic rings. The smallest absolute Gasteiger partial charge is 0.154 e. The zero-order valence-electron chi connectivity index (χ0n) is 8.93. The lowest BCUT2D eigenvalue weighted by Gasteiger charge is -2.26. The summed E-state index contributed by atoms with van der Waals surface area (Å²) in [6, 6.07) is 4.07. The fourth-order valence-electron chi connectivity index (χ4n) is 2.14. The molecule has 2 heterocycles. The van der Waals surface area contributed by atoms with E-state index >= 15 is 0 Å². The van der Waals surface area contributed by atoms with Crippen molar-refractivity contribution in [2.75, 3.05) is 5.75 Å². The fourth-order valence-corrected chi connectivity index (χ4v) is 6.70. The Hall–Kier alpha value is 0.130. The molecule has 0 spiro atoms. The van der Waals surface area contributed by atoms with Gasteiger partial charge in [-0.05, 0) is 30.7 Å². The summed E-state index contributed by atoms with van der Waals surface area (Å²) in [6.45, 7) is 0. The van der Waals surface area contributed by atoms with Crippen molar-refractivity contribution in [2.45, 2.75) is 35.8 Å². The monoisotopic (exact) mass is 322 g/mol. The molecule has 0 saturated carbocycles. The third-order valence-electron chi connectivity index (χ3n) is 3.01. The van der Waals surface area contributed by atoms with E-state index in [4.69, 9.17) is 0 Å².